The Morgan fingerprint density at radius 2 is 2.05 bits per heavy atom. The number of aryl methyl sites for hydroxylation is 1. The van der Waals surface area contributed by atoms with Crippen molar-refractivity contribution in [2.24, 2.45) is 5.41 Å². The zero-order valence-electron chi connectivity index (χ0n) is 11.9. The van der Waals surface area contributed by atoms with Crippen LogP contribution in [0.25, 0.3) is 0 Å². The quantitative estimate of drug-likeness (QED) is 0.784. The molecule has 5 nitrogen and oxygen atoms in total. The molecule has 0 unspecified atom stereocenters. The Morgan fingerprint density at radius 1 is 1.37 bits per heavy atom. The van der Waals surface area contributed by atoms with Gasteiger partial charge in [-0.1, -0.05) is 20.8 Å². The van der Waals surface area contributed by atoms with Crippen molar-refractivity contribution < 1.29 is 9.90 Å². The first-order valence-electron chi connectivity index (χ1n) is 6.80. The summed E-state index contributed by atoms with van der Waals surface area (Å²) >= 11 is 0. The highest BCUT2D eigenvalue weighted by atomic mass is 16.3. The third-order valence-corrected chi connectivity index (χ3v) is 3.83. The van der Waals surface area contributed by atoms with Gasteiger partial charge in [-0.3, -0.25) is 4.79 Å². The predicted octanol–water partition coefficient (Wildman–Crippen LogP) is 1.57. The molecule has 0 aliphatic carbocycles. The molecule has 0 atom stereocenters. The zero-order valence-corrected chi connectivity index (χ0v) is 11.9. The molecule has 0 aliphatic rings. The maximum Gasteiger partial charge on any atom is 0.254 e. The number of hydrogen-bond acceptors (Lipinski definition) is 4. The molecule has 19 heavy (non-hydrogen) atoms. The van der Waals surface area contributed by atoms with Crippen LogP contribution in [0.2, 0.25) is 0 Å². The molecule has 5 heteroatoms. The lowest BCUT2D eigenvalue weighted by Crippen LogP contribution is -2.39. The van der Waals surface area contributed by atoms with E-state index in [1.165, 1.54) is 6.33 Å². The maximum atomic E-state index is 12.1. The van der Waals surface area contributed by atoms with Crippen molar-refractivity contribution in [3.05, 3.63) is 23.8 Å². The number of aromatic nitrogens is 2. The first-order valence-corrected chi connectivity index (χ1v) is 6.80. The van der Waals surface area contributed by atoms with E-state index in [4.69, 9.17) is 0 Å². The first kappa shape index (κ1) is 15.6. The number of carbonyl (C=O) groups excluding carboxylic acids is 1. The standard InChI is InChI=1S/C14H23N3O2/c1-4-12-11(7-15-10-17-12)13(19)16-8-14(5-2,6-3)9-18/h7,10,18H,4-6,8-9H2,1-3H3,(H,16,19). The molecule has 0 fully saturated rings. The fraction of sp³-hybridized carbons (Fsp3) is 0.643. The van der Waals surface area contributed by atoms with Crippen LogP contribution in [0.3, 0.4) is 0 Å². The average molecular weight is 265 g/mol. The highest BCUT2D eigenvalue weighted by Gasteiger charge is 2.26. The van der Waals surface area contributed by atoms with Crippen molar-refractivity contribution in [2.75, 3.05) is 13.2 Å². The number of amides is 1. The van der Waals surface area contributed by atoms with Gasteiger partial charge in [0.15, 0.2) is 0 Å². The second kappa shape index (κ2) is 7.19. The average Bonchev–Trinajstić information content (AvgIpc) is 2.49. The van der Waals surface area contributed by atoms with Gasteiger partial charge < -0.3 is 10.4 Å². The third-order valence-electron chi connectivity index (χ3n) is 3.83. The van der Waals surface area contributed by atoms with E-state index in [2.05, 4.69) is 15.3 Å². The minimum Gasteiger partial charge on any atom is -0.396 e. The Labute approximate surface area is 114 Å². The summed E-state index contributed by atoms with van der Waals surface area (Å²) in [7, 11) is 0. The molecule has 1 aromatic heterocycles. The van der Waals surface area contributed by atoms with Crippen molar-refractivity contribution in [3.63, 3.8) is 0 Å². The summed E-state index contributed by atoms with van der Waals surface area (Å²) in [5, 5.41) is 12.4. The van der Waals surface area contributed by atoms with Crippen molar-refractivity contribution in [1.29, 1.82) is 0 Å². The molecular formula is C14H23N3O2. The Kier molecular flexibility index (Phi) is 5.89. The molecule has 0 aromatic carbocycles. The number of rotatable bonds is 7. The number of aliphatic hydroxyl groups excluding tert-OH is 1. The fourth-order valence-electron chi connectivity index (χ4n) is 1.97. The van der Waals surface area contributed by atoms with Gasteiger partial charge >= 0.3 is 0 Å². The lowest BCUT2D eigenvalue weighted by Gasteiger charge is -2.29. The number of nitrogens with zero attached hydrogens (tertiary/aromatic N) is 2. The van der Waals surface area contributed by atoms with Crippen molar-refractivity contribution in [1.82, 2.24) is 15.3 Å². The van der Waals surface area contributed by atoms with E-state index in [1.807, 2.05) is 20.8 Å². The molecule has 0 aliphatic heterocycles. The van der Waals surface area contributed by atoms with E-state index in [0.717, 1.165) is 18.5 Å². The molecule has 0 radical (unpaired) electrons. The Morgan fingerprint density at radius 3 is 2.58 bits per heavy atom. The van der Waals surface area contributed by atoms with Gasteiger partial charge in [0.05, 0.1) is 17.9 Å². The van der Waals surface area contributed by atoms with E-state index >= 15 is 0 Å². The third kappa shape index (κ3) is 3.73. The van der Waals surface area contributed by atoms with Gasteiger partial charge in [0, 0.05) is 18.2 Å². The summed E-state index contributed by atoms with van der Waals surface area (Å²) < 4.78 is 0. The topological polar surface area (TPSA) is 75.1 Å². The molecule has 0 bridgehead atoms. The van der Waals surface area contributed by atoms with E-state index in [-0.39, 0.29) is 17.9 Å². The zero-order chi connectivity index (χ0) is 14.3. The van der Waals surface area contributed by atoms with Crippen LogP contribution in [-0.4, -0.2) is 34.1 Å². The maximum absolute atomic E-state index is 12.1. The van der Waals surface area contributed by atoms with Gasteiger partial charge in [0.1, 0.15) is 6.33 Å². The van der Waals surface area contributed by atoms with Gasteiger partial charge in [0.25, 0.3) is 5.91 Å². The molecule has 2 N–H and O–H groups in total. The molecule has 1 amide bonds. The van der Waals surface area contributed by atoms with Crippen molar-refractivity contribution in [3.8, 4) is 0 Å². The number of aliphatic hydroxyl groups is 1. The minimum absolute atomic E-state index is 0.0756. The normalized spacial score (nSPS) is 11.4. The van der Waals surface area contributed by atoms with Gasteiger partial charge in [0.2, 0.25) is 0 Å². The van der Waals surface area contributed by atoms with Gasteiger partial charge in [-0.25, -0.2) is 9.97 Å². The number of hydrogen-bond donors (Lipinski definition) is 2. The number of carbonyl (C=O) groups is 1. The molecule has 0 saturated carbocycles. The van der Waals surface area contributed by atoms with Gasteiger partial charge in [-0.15, -0.1) is 0 Å². The molecule has 0 spiro atoms. The van der Waals surface area contributed by atoms with Crippen LogP contribution in [0.1, 0.15) is 49.7 Å². The molecule has 1 rings (SSSR count). The van der Waals surface area contributed by atoms with E-state index in [0.29, 0.717) is 18.5 Å². The lowest BCUT2D eigenvalue weighted by atomic mass is 9.83. The second-order valence-electron chi connectivity index (χ2n) is 4.78. The monoisotopic (exact) mass is 265 g/mol. The van der Waals surface area contributed by atoms with Crippen LogP contribution in [-0.2, 0) is 6.42 Å². The summed E-state index contributed by atoms with van der Waals surface area (Å²) in [6.45, 7) is 6.54. The molecule has 1 aromatic rings. The Hall–Kier alpha value is -1.49. The summed E-state index contributed by atoms with van der Waals surface area (Å²) in [6.07, 6.45) is 5.34. The molecule has 0 saturated heterocycles. The second-order valence-corrected chi connectivity index (χ2v) is 4.78. The summed E-state index contributed by atoms with van der Waals surface area (Å²) in [6, 6.07) is 0. The van der Waals surface area contributed by atoms with Crippen LogP contribution in [0.15, 0.2) is 12.5 Å². The van der Waals surface area contributed by atoms with Crippen LogP contribution in [0.4, 0.5) is 0 Å². The van der Waals surface area contributed by atoms with Crippen LogP contribution in [0, 0.1) is 5.41 Å². The van der Waals surface area contributed by atoms with Gasteiger partial charge in [-0.05, 0) is 19.3 Å². The Balaban J connectivity index is 2.75. The van der Waals surface area contributed by atoms with E-state index in [9.17, 15) is 9.90 Å². The fourth-order valence-corrected chi connectivity index (χ4v) is 1.97. The predicted molar refractivity (Wildman–Crippen MR) is 73.8 cm³/mol. The van der Waals surface area contributed by atoms with Crippen LogP contribution >= 0.6 is 0 Å². The Bertz CT molecular complexity index is 409. The van der Waals surface area contributed by atoms with Crippen LogP contribution in [0.5, 0.6) is 0 Å². The first-order chi connectivity index (χ1) is 9.12. The lowest BCUT2D eigenvalue weighted by molar-refractivity contribution is 0.0849. The smallest absolute Gasteiger partial charge is 0.254 e. The molecule has 106 valence electrons. The summed E-state index contributed by atoms with van der Waals surface area (Å²) in [5.74, 6) is -0.169. The van der Waals surface area contributed by atoms with Crippen molar-refractivity contribution in [2.45, 2.75) is 40.0 Å². The summed E-state index contributed by atoms with van der Waals surface area (Å²) in [4.78, 5) is 20.1. The number of nitrogens with one attached hydrogen (secondary N) is 1. The minimum atomic E-state index is -0.238. The van der Waals surface area contributed by atoms with E-state index < -0.39 is 0 Å². The SMILES string of the molecule is CCc1ncncc1C(=O)NCC(CC)(CC)CO. The van der Waals surface area contributed by atoms with Gasteiger partial charge in [-0.2, -0.15) is 0 Å². The molecular weight excluding hydrogens is 242 g/mol. The largest absolute Gasteiger partial charge is 0.396 e. The van der Waals surface area contributed by atoms with Crippen LogP contribution < -0.4 is 5.32 Å². The molecule has 1 heterocycles. The summed E-state index contributed by atoms with van der Waals surface area (Å²) in [5.41, 5.74) is 1.02. The highest BCUT2D eigenvalue weighted by Crippen LogP contribution is 2.24. The van der Waals surface area contributed by atoms with E-state index in [1.54, 1.807) is 6.20 Å². The highest BCUT2D eigenvalue weighted by molar-refractivity contribution is 5.94. The van der Waals surface area contributed by atoms with Crippen molar-refractivity contribution >= 4 is 5.91 Å².